The molecular formula is C18H27BN2O4. The number of aromatic nitrogens is 1. The van der Waals surface area contributed by atoms with Crippen molar-refractivity contribution < 1.29 is 19.2 Å². The summed E-state index contributed by atoms with van der Waals surface area (Å²) in [5.41, 5.74) is 1.25. The van der Waals surface area contributed by atoms with Crippen LogP contribution in [-0.2, 0) is 14.1 Å². The molecule has 2 fully saturated rings. The van der Waals surface area contributed by atoms with E-state index in [4.69, 9.17) is 14.4 Å². The third-order valence-corrected chi connectivity index (χ3v) is 5.74. The van der Waals surface area contributed by atoms with Gasteiger partial charge in [0.25, 0.3) is 0 Å². The van der Waals surface area contributed by atoms with Gasteiger partial charge >= 0.3 is 7.12 Å². The largest absolute Gasteiger partial charge is 0.496 e. The maximum atomic E-state index is 11.5. The third kappa shape index (κ3) is 3.59. The Labute approximate surface area is 149 Å². The summed E-state index contributed by atoms with van der Waals surface area (Å²) in [5, 5.41) is 8.95. The Morgan fingerprint density at radius 1 is 1.24 bits per heavy atom. The lowest BCUT2D eigenvalue weighted by atomic mass is 9.80. The van der Waals surface area contributed by atoms with Crippen LogP contribution in [0.2, 0.25) is 0 Å². The van der Waals surface area contributed by atoms with E-state index in [1.165, 1.54) is 0 Å². The molecule has 1 amide bonds. The van der Waals surface area contributed by atoms with Gasteiger partial charge in [-0.15, -0.1) is 0 Å². The molecule has 0 atom stereocenters. The summed E-state index contributed by atoms with van der Waals surface area (Å²) < 4.78 is 12.1. The molecule has 0 aliphatic carbocycles. The molecule has 1 aromatic heterocycles. The number of pyridine rings is 1. The van der Waals surface area contributed by atoms with Crippen LogP contribution >= 0.6 is 0 Å². The number of aliphatic hydroxyl groups is 1. The molecule has 1 aromatic rings. The third-order valence-electron chi connectivity index (χ3n) is 5.74. The van der Waals surface area contributed by atoms with Crippen LogP contribution in [-0.4, -0.2) is 58.9 Å². The minimum Gasteiger partial charge on any atom is -0.399 e. The number of aliphatic hydroxyl groups excluding tert-OH is 1. The quantitative estimate of drug-likeness (QED) is 0.830. The monoisotopic (exact) mass is 346 g/mol. The lowest BCUT2D eigenvalue weighted by Gasteiger charge is -2.32. The molecule has 2 aliphatic rings. The number of hydrogen-bond donors (Lipinski definition) is 1. The van der Waals surface area contributed by atoms with Gasteiger partial charge in [-0.1, -0.05) is 6.07 Å². The zero-order valence-electron chi connectivity index (χ0n) is 15.5. The second-order valence-electron chi connectivity index (χ2n) is 7.92. The number of rotatable bonds is 3. The van der Waals surface area contributed by atoms with E-state index in [1.54, 1.807) is 4.90 Å². The summed E-state index contributed by atoms with van der Waals surface area (Å²) in [6, 6.07) is 4.06. The van der Waals surface area contributed by atoms with E-state index in [1.807, 2.05) is 46.0 Å². The minimum atomic E-state index is -0.411. The topological polar surface area (TPSA) is 71.9 Å². The highest BCUT2D eigenvalue weighted by Gasteiger charge is 2.51. The number of carbonyl (C=O) groups excluding carboxylic acids is 1. The van der Waals surface area contributed by atoms with Crippen molar-refractivity contribution in [2.75, 3.05) is 19.7 Å². The molecule has 136 valence electrons. The lowest BCUT2D eigenvalue weighted by Crippen LogP contribution is -2.41. The summed E-state index contributed by atoms with van der Waals surface area (Å²) in [7, 11) is -0.393. The Balaban J connectivity index is 1.63. The molecule has 1 N–H and O–H groups in total. The molecule has 3 rings (SSSR count). The van der Waals surface area contributed by atoms with Gasteiger partial charge in [0.05, 0.1) is 11.2 Å². The zero-order valence-corrected chi connectivity index (χ0v) is 15.5. The van der Waals surface area contributed by atoms with E-state index in [-0.39, 0.29) is 17.1 Å². The normalized spacial score (nSPS) is 23.1. The summed E-state index contributed by atoms with van der Waals surface area (Å²) in [6.07, 6.45) is 3.58. The number of piperidine rings is 1. The van der Waals surface area contributed by atoms with Crippen LogP contribution in [0.1, 0.15) is 52.1 Å². The van der Waals surface area contributed by atoms with E-state index in [0.29, 0.717) is 19.0 Å². The van der Waals surface area contributed by atoms with Crippen LogP contribution in [0, 0.1) is 0 Å². The van der Waals surface area contributed by atoms with Crippen molar-refractivity contribution in [1.29, 1.82) is 0 Å². The first kappa shape index (κ1) is 18.4. The van der Waals surface area contributed by atoms with Crippen molar-refractivity contribution in [2.45, 2.75) is 57.7 Å². The van der Waals surface area contributed by atoms with Gasteiger partial charge in [0.15, 0.2) is 0 Å². The van der Waals surface area contributed by atoms with Crippen LogP contribution in [0.5, 0.6) is 0 Å². The van der Waals surface area contributed by atoms with Crippen LogP contribution in [0.25, 0.3) is 0 Å². The molecule has 0 bridgehead atoms. The average Bonchev–Trinajstić information content (AvgIpc) is 2.82. The van der Waals surface area contributed by atoms with Crippen molar-refractivity contribution in [3.63, 3.8) is 0 Å². The predicted molar refractivity (Wildman–Crippen MR) is 95.6 cm³/mol. The average molecular weight is 346 g/mol. The van der Waals surface area contributed by atoms with Crippen LogP contribution in [0.3, 0.4) is 0 Å². The van der Waals surface area contributed by atoms with E-state index in [2.05, 4.69) is 4.98 Å². The molecule has 25 heavy (non-hydrogen) atoms. The lowest BCUT2D eigenvalue weighted by molar-refractivity contribution is -0.135. The highest BCUT2D eigenvalue weighted by atomic mass is 16.7. The van der Waals surface area contributed by atoms with Crippen molar-refractivity contribution in [3.8, 4) is 0 Å². The number of nitrogens with zero attached hydrogens (tertiary/aromatic N) is 2. The molecule has 0 unspecified atom stereocenters. The van der Waals surface area contributed by atoms with Crippen LogP contribution in [0.4, 0.5) is 0 Å². The van der Waals surface area contributed by atoms with E-state index >= 15 is 0 Å². The number of amides is 1. The first-order chi connectivity index (χ1) is 11.7. The Morgan fingerprint density at radius 2 is 1.84 bits per heavy atom. The Morgan fingerprint density at radius 3 is 2.32 bits per heavy atom. The van der Waals surface area contributed by atoms with Crippen LogP contribution in [0.15, 0.2) is 18.3 Å². The van der Waals surface area contributed by atoms with Gasteiger partial charge in [-0.3, -0.25) is 9.78 Å². The van der Waals surface area contributed by atoms with Gasteiger partial charge < -0.3 is 19.3 Å². The predicted octanol–water partition coefficient (Wildman–Crippen LogP) is 1.08. The zero-order chi connectivity index (χ0) is 18.2. The Bertz CT molecular complexity index is 608. The van der Waals surface area contributed by atoms with Crippen LogP contribution < -0.4 is 5.46 Å². The van der Waals surface area contributed by atoms with Crippen molar-refractivity contribution in [1.82, 2.24) is 9.88 Å². The van der Waals surface area contributed by atoms with Gasteiger partial charge in [-0.05, 0) is 46.6 Å². The summed E-state index contributed by atoms with van der Waals surface area (Å²) >= 11 is 0. The summed E-state index contributed by atoms with van der Waals surface area (Å²) in [5.74, 6) is 0.151. The number of likely N-dealkylation sites (tertiary alicyclic amines) is 1. The maximum absolute atomic E-state index is 11.5. The standard InChI is InChI=1S/C18H27BN2O4/c1-17(2)18(3,4)25-19(24-17)14-5-6-15(20-11-14)13-7-9-21(10-8-13)16(23)12-22/h5-6,11,13,22H,7-10,12H2,1-4H3. The fourth-order valence-corrected chi connectivity index (χ4v) is 3.30. The molecule has 3 heterocycles. The van der Waals surface area contributed by atoms with Crippen molar-refractivity contribution in [3.05, 3.63) is 24.0 Å². The fourth-order valence-electron chi connectivity index (χ4n) is 3.30. The molecule has 0 saturated carbocycles. The molecular weight excluding hydrogens is 319 g/mol. The Kier molecular flexibility index (Phi) is 4.92. The highest BCUT2D eigenvalue weighted by Crippen LogP contribution is 2.36. The molecule has 2 saturated heterocycles. The van der Waals surface area contributed by atoms with Gasteiger partial charge in [-0.2, -0.15) is 0 Å². The molecule has 2 aliphatic heterocycles. The maximum Gasteiger partial charge on any atom is 0.496 e. The number of hydrogen-bond acceptors (Lipinski definition) is 5. The minimum absolute atomic E-state index is 0.192. The highest BCUT2D eigenvalue weighted by molar-refractivity contribution is 6.62. The Hall–Kier alpha value is -1.44. The fraction of sp³-hybridized carbons (Fsp3) is 0.667. The van der Waals surface area contributed by atoms with E-state index in [9.17, 15) is 4.79 Å². The van der Waals surface area contributed by atoms with Crippen molar-refractivity contribution >= 4 is 18.5 Å². The van der Waals surface area contributed by atoms with Gasteiger partial charge in [-0.25, -0.2) is 0 Å². The summed E-state index contributed by atoms with van der Waals surface area (Å²) in [6.45, 7) is 9.08. The second kappa shape index (κ2) is 6.70. The van der Waals surface area contributed by atoms with Crippen molar-refractivity contribution in [2.24, 2.45) is 0 Å². The second-order valence-corrected chi connectivity index (χ2v) is 7.92. The van der Waals surface area contributed by atoms with Gasteiger partial charge in [0.1, 0.15) is 6.61 Å². The molecule has 7 heteroatoms. The van der Waals surface area contributed by atoms with E-state index < -0.39 is 13.7 Å². The summed E-state index contributed by atoms with van der Waals surface area (Å²) in [4.78, 5) is 17.9. The van der Waals surface area contributed by atoms with Gasteiger partial charge in [0, 0.05) is 36.4 Å². The molecule has 0 spiro atoms. The number of carbonyl (C=O) groups is 1. The van der Waals surface area contributed by atoms with Gasteiger partial charge in [0.2, 0.25) is 5.91 Å². The first-order valence-corrected chi connectivity index (χ1v) is 8.93. The SMILES string of the molecule is CC1(C)OB(c2ccc(C3CCN(C(=O)CO)CC3)nc2)OC1(C)C. The van der Waals surface area contributed by atoms with E-state index in [0.717, 1.165) is 24.0 Å². The molecule has 6 nitrogen and oxygen atoms in total. The first-order valence-electron chi connectivity index (χ1n) is 8.93. The molecule has 0 radical (unpaired) electrons. The smallest absolute Gasteiger partial charge is 0.399 e. The molecule has 0 aromatic carbocycles.